The summed E-state index contributed by atoms with van der Waals surface area (Å²) < 4.78 is 5.97. The van der Waals surface area contributed by atoms with Crippen molar-refractivity contribution in [2.24, 2.45) is 0 Å². The van der Waals surface area contributed by atoms with E-state index in [1.54, 1.807) is 12.1 Å². The van der Waals surface area contributed by atoms with E-state index in [1.165, 1.54) is 5.56 Å². The summed E-state index contributed by atoms with van der Waals surface area (Å²) in [6.45, 7) is 4.38. The minimum atomic E-state index is -0.206. The number of nitrogens with zero attached hydrogens (tertiary/aromatic N) is 1. The Morgan fingerprint density at radius 3 is 2.67 bits per heavy atom. The van der Waals surface area contributed by atoms with E-state index >= 15 is 0 Å². The van der Waals surface area contributed by atoms with Gasteiger partial charge in [-0.05, 0) is 78.1 Å². The Kier molecular flexibility index (Phi) is 7.06. The number of carbonyl (C=O) groups excluding carboxylic acids is 1. The molecule has 0 saturated heterocycles. The summed E-state index contributed by atoms with van der Waals surface area (Å²) >= 11 is 11.2. The number of hydrogen-bond donors (Lipinski definition) is 2. The van der Waals surface area contributed by atoms with Gasteiger partial charge in [0.1, 0.15) is 5.52 Å². The third-order valence-electron chi connectivity index (χ3n) is 5.49. The highest BCUT2D eigenvalue weighted by atomic mass is 35.5. The Balaban J connectivity index is 1.43. The first-order valence-electron chi connectivity index (χ1n) is 10.8. The smallest absolute Gasteiger partial charge is 0.230 e. The fraction of sp³-hybridized carbons (Fsp3) is 0.192. The Morgan fingerprint density at radius 2 is 1.91 bits per heavy atom. The Morgan fingerprint density at radius 1 is 1.12 bits per heavy atom. The normalized spacial score (nSPS) is 11.8. The van der Waals surface area contributed by atoms with E-state index in [9.17, 15) is 4.79 Å². The third kappa shape index (κ3) is 5.78. The van der Waals surface area contributed by atoms with Gasteiger partial charge in [-0.1, -0.05) is 49.7 Å². The van der Waals surface area contributed by atoms with Crippen LogP contribution in [0.2, 0.25) is 5.02 Å². The van der Waals surface area contributed by atoms with Gasteiger partial charge in [-0.15, -0.1) is 0 Å². The molecule has 1 aromatic heterocycles. The van der Waals surface area contributed by atoms with Gasteiger partial charge in [0.15, 0.2) is 10.7 Å². The maximum atomic E-state index is 12.3. The first kappa shape index (κ1) is 23.0. The summed E-state index contributed by atoms with van der Waals surface area (Å²) in [7, 11) is 0. The van der Waals surface area contributed by atoms with Crippen molar-refractivity contribution < 1.29 is 9.21 Å². The fourth-order valence-electron chi connectivity index (χ4n) is 3.46. The van der Waals surface area contributed by atoms with Crippen molar-refractivity contribution in [2.75, 3.05) is 5.32 Å². The molecular formula is C26H24ClN3O2S. The average molecular weight is 478 g/mol. The minimum absolute atomic E-state index is 0.206. The van der Waals surface area contributed by atoms with Crippen LogP contribution in [0.25, 0.3) is 22.6 Å². The molecule has 33 heavy (non-hydrogen) atoms. The molecule has 0 radical (unpaired) electrons. The Labute approximate surface area is 203 Å². The van der Waals surface area contributed by atoms with Crippen molar-refractivity contribution >= 4 is 51.6 Å². The number of thiocarbonyl (C=S) groups is 1. The number of anilines is 1. The number of fused-ring (bicyclic) bond motifs is 1. The molecule has 0 saturated carbocycles. The van der Waals surface area contributed by atoms with Crippen LogP contribution in [0, 0.1) is 0 Å². The number of rotatable bonds is 6. The maximum Gasteiger partial charge on any atom is 0.230 e. The molecule has 0 unspecified atom stereocenters. The summed E-state index contributed by atoms with van der Waals surface area (Å²) in [5, 5.41) is 6.61. The number of hydrogen-bond acceptors (Lipinski definition) is 4. The van der Waals surface area contributed by atoms with Crippen molar-refractivity contribution in [1.82, 2.24) is 10.3 Å². The van der Waals surface area contributed by atoms with Gasteiger partial charge in [0.05, 0.1) is 6.42 Å². The lowest BCUT2D eigenvalue weighted by Crippen LogP contribution is -2.35. The molecule has 4 rings (SSSR count). The summed E-state index contributed by atoms with van der Waals surface area (Å²) in [6, 6.07) is 20.8. The molecule has 0 aliphatic heterocycles. The van der Waals surface area contributed by atoms with Crippen LogP contribution in [0.4, 0.5) is 5.69 Å². The van der Waals surface area contributed by atoms with Crippen molar-refractivity contribution in [3.8, 4) is 11.5 Å². The van der Waals surface area contributed by atoms with E-state index in [2.05, 4.69) is 41.6 Å². The number of aromatic nitrogens is 1. The summed E-state index contributed by atoms with van der Waals surface area (Å²) in [4.78, 5) is 17.0. The topological polar surface area (TPSA) is 67.2 Å². The largest absolute Gasteiger partial charge is 0.436 e. The number of halogens is 1. The molecule has 1 heterocycles. The molecule has 7 heteroatoms. The van der Waals surface area contributed by atoms with Gasteiger partial charge in [0.2, 0.25) is 11.8 Å². The van der Waals surface area contributed by atoms with Gasteiger partial charge >= 0.3 is 0 Å². The number of amides is 1. The Hall–Kier alpha value is -3.22. The molecule has 1 atom stereocenters. The first-order valence-corrected chi connectivity index (χ1v) is 11.6. The zero-order valence-corrected chi connectivity index (χ0v) is 20.0. The third-order valence-corrected chi connectivity index (χ3v) is 5.95. The predicted octanol–water partition coefficient (Wildman–Crippen LogP) is 6.72. The molecule has 0 aliphatic carbocycles. The van der Waals surface area contributed by atoms with Crippen LogP contribution in [-0.2, 0) is 11.2 Å². The monoisotopic (exact) mass is 477 g/mol. The summed E-state index contributed by atoms with van der Waals surface area (Å²) in [6.07, 6.45) is 1.28. The highest BCUT2D eigenvalue weighted by Gasteiger charge is 2.12. The van der Waals surface area contributed by atoms with E-state index in [4.69, 9.17) is 28.2 Å². The van der Waals surface area contributed by atoms with Crippen molar-refractivity contribution in [2.45, 2.75) is 32.6 Å². The van der Waals surface area contributed by atoms with E-state index in [1.807, 2.05) is 42.5 Å². The van der Waals surface area contributed by atoms with Crippen molar-refractivity contribution in [1.29, 1.82) is 0 Å². The van der Waals surface area contributed by atoms with E-state index < -0.39 is 0 Å². The lowest BCUT2D eigenvalue weighted by atomic mass is 9.98. The van der Waals surface area contributed by atoms with Crippen molar-refractivity contribution in [3.63, 3.8) is 0 Å². The van der Waals surface area contributed by atoms with Crippen LogP contribution < -0.4 is 10.6 Å². The Bertz CT molecular complexity index is 1300. The second-order valence-electron chi connectivity index (χ2n) is 7.94. The van der Waals surface area contributed by atoms with E-state index in [0.717, 1.165) is 34.3 Å². The summed E-state index contributed by atoms with van der Waals surface area (Å²) in [5.74, 6) is 0.799. The lowest BCUT2D eigenvalue weighted by Gasteiger charge is -2.10. The van der Waals surface area contributed by atoms with E-state index in [-0.39, 0.29) is 17.4 Å². The maximum absolute atomic E-state index is 12.3. The van der Waals surface area contributed by atoms with Crippen LogP contribution in [0.5, 0.6) is 0 Å². The fourth-order valence-corrected chi connectivity index (χ4v) is 3.82. The SMILES string of the molecule is CC[C@H](C)c1ccc2oc(-c3cccc(NC(=S)NC(=O)Cc4ccc(Cl)cc4)c3)nc2c1. The molecule has 4 aromatic rings. The molecule has 0 bridgehead atoms. The van der Waals surface area contributed by atoms with Crippen LogP contribution in [-0.4, -0.2) is 16.0 Å². The predicted molar refractivity (Wildman–Crippen MR) is 138 cm³/mol. The molecule has 0 aliphatic rings. The van der Waals surface area contributed by atoms with Crippen molar-refractivity contribution in [3.05, 3.63) is 82.9 Å². The van der Waals surface area contributed by atoms with Crippen LogP contribution in [0.1, 0.15) is 37.3 Å². The molecule has 2 N–H and O–H groups in total. The highest BCUT2D eigenvalue weighted by Crippen LogP contribution is 2.29. The summed E-state index contributed by atoms with van der Waals surface area (Å²) in [5.41, 5.74) is 5.24. The molecule has 3 aromatic carbocycles. The van der Waals surface area contributed by atoms with Gasteiger partial charge in [-0.2, -0.15) is 0 Å². The van der Waals surface area contributed by atoms with E-state index in [0.29, 0.717) is 16.8 Å². The van der Waals surface area contributed by atoms with Crippen LogP contribution >= 0.6 is 23.8 Å². The van der Waals surface area contributed by atoms with Gasteiger partial charge in [-0.3, -0.25) is 4.79 Å². The standard InChI is InChI=1S/C26H24ClN3O2S/c1-3-16(2)18-9-12-23-22(15-18)29-25(32-23)19-5-4-6-21(14-19)28-26(33)30-24(31)13-17-7-10-20(27)11-8-17/h4-12,14-16H,3,13H2,1-2H3,(H2,28,30,31,33)/t16-/m0/s1. The number of nitrogens with one attached hydrogen (secondary N) is 2. The molecular weight excluding hydrogens is 454 g/mol. The lowest BCUT2D eigenvalue weighted by molar-refractivity contribution is -0.119. The average Bonchev–Trinajstić information content (AvgIpc) is 3.23. The zero-order chi connectivity index (χ0) is 23.4. The minimum Gasteiger partial charge on any atom is -0.436 e. The second-order valence-corrected chi connectivity index (χ2v) is 8.79. The van der Waals surface area contributed by atoms with Gasteiger partial charge in [0.25, 0.3) is 0 Å². The van der Waals surface area contributed by atoms with Crippen LogP contribution in [0.3, 0.4) is 0 Å². The molecule has 5 nitrogen and oxygen atoms in total. The second kappa shape index (κ2) is 10.1. The quantitative estimate of drug-likeness (QED) is 0.302. The van der Waals surface area contributed by atoms with Gasteiger partial charge in [0, 0.05) is 16.3 Å². The first-order chi connectivity index (χ1) is 15.9. The zero-order valence-electron chi connectivity index (χ0n) is 18.4. The molecule has 0 spiro atoms. The number of oxazole rings is 1. The molecule has 1 amide bonds. The molecule has 0 fully saturated rings. The van der Waals surface area contributed by atoms with Gasteiger partial charge < -0.3 is 15.1 Å². The number of benzene rings is 3. The number of carbonyl (C=O) groups is 1. The van der Waals surface area contributed by atoms with Crippen LogP contribution in [0.15, 0.2) is 71.1 Å². The highest BCUT2D eigenvalue weighted by molar-refractivity contribution is 7.80. The van der Waals surface area contributed by atoms with Gasteiger partial charge in [-0.25, -0.2) is 4.98 Å². The molecule has 168 valence electrons.